The summed E-state index contributed by atoms with van der Waals surface area (Å²) in [5.74, 6) is 0. The van der Waals surface area contributed by atoms with Crippen molar-refractivity contribution in [2.24, 2.45) is 0 Å². The van der Waals surface area contributed by atoms with Gasteiger partial charge in [0, 0.05) is 39.4 Å². The highest BCUT2D eigenvalue weighted by Gasteiger charge is 2.10. The number of nitrogens with one attached hydrogen (secondary N) is 3. The lowest BCUT2D eigenvalue weighted by Gasteiger charge is -1.95. The van der Waals surface area contributed by atoms with Crippen LogP contribution < -0.4 is 0 Å². The molecule has 7 aromatic heterocycles. The molecule has 142 valence electrons. The summed E-state index contributed by atoms with van der Waals surface area (Å²) in [5, 5.41) is 11.3. The first-order valence-electron chi connectivity index (χ1n) is 9.33. The van der Waals surface area contributed by atoms with E-state index in [2.05, 4.69) is 59.4 Å². The van der Waals surface area contributed by atoms with Gasteiger partial charge in [-0.25, -0.2) is 9.97 Å². The minimum absolute atomic E-state index is 0.682. The molecule has 0 amide bonds. The van der Waals surface area contributed by atoms with E-state index < -0.39 is 0 Å². The Morgan fingerprint density at radius 2 is 1.70 bits per heavy atom. The topological polar surface area (TPSA) is 112 Å². The van der Waals surface area contributed by atoms with Gasteiger partial charge in [0.1, 0.15) is 11.0 Å². The van der Waals surface area contributed by atoms with Crippen molar-refractivity contribution in [3.63, 3.8) is 0 Å². The number of aromatic nitrogens is 8. The Bertz CT molecular complexity index is 1820. The molecule has 0 aliphatic carbocycles. The van der Waals surface area contributed by atoms with Crippen LogP contribution in [0.25, 0.3) is 64.4 Å². The Balaban J connectivity index is 1.80. The van der Waals surface area contributed by atoms with Crippen molar-refractivity contribution in [1.29, 1.82) is 0 Å². The average Bonchev–Trinajstić information content (AvgIpc) is 3.50. The quantitative estimate of drug-likeness (QED) is 0.335. The van der Waals surface area contributed by atoms with E-state index >= 15 is 0 Å². The van der Waals surface area contributed by atoms with Gasteiger partial charge in [-0.15, -0.1) is 11.3 Å². The first kappa shape index (κ1) is 15.8. The number of thiophene rings is 1. The average molecular weight is 408 g/mol. The molecule has 0 fully saturated rings. The smallest absolute Gasteiger partial charge is 0.159 e. The van der Waals surface area contributed by atoms with Gasteiger partial charge in [-0.3, -0.25) is 15.1 Å². The molecule has 0 radical (unpaired) electrons. The molecule has 9 heteroatoms. The van der Waals surface area contributed by atoms with Crippen LogP contribution in [0.4, 0.5) is 0 Å². The minimum atomic E-state index is 0.682. The fourth-order valence-electron chi connectivity index (χ4n) is 3.83. The van der Waals surface area contributed by atoms with E-state index in [0.29, 0.717) is 11.3 Å². The van der Waals surface area contributed by atoms with E-state index in [4.69, 9.17) is 4.98 Å². The molecule has 0 atom stereocenters. The first-order chi connectivity index (χ1) is 14.8. The van der Waals surface area contributed by atoms with Crippen LogP contribution in [0.5, 0.6) is 0 Å². The van der Waals surface area contributed by atoms with Crippen LogP contribution in [0, 0.1) is 0 Å². The first-order valence-corrected chi connectivity index (χ1v) is 10.1. The lowest BCUT2D eigenvalue weighted by molar-refractivity contribution is 1.12. The molecular formula is C21H12N8S. The molecule has 0 aliphatic heterocycles. The van der Waals surface area contributed by atoms with Crippen molar-refractivity contribution in [2.75, 3.05) is 0 Å². The van der Waals surface area contributed by atoms with Crippen LogP contribution in [0.15, 0.2) is 55.2 Å². The summed E-state index contributed by atoms with van der Waals surface area (Å²) in [6.07, 6.45) is 9.13. The molecule has 7 rings (SSSR count). The molecule has 0 spiro atoms. The maximum atomic E-state index is 4.88. The van der Waals surface area contributed by atoms with Crippen molar-refractivity contribution in [3.05, 3.63) is 55.2 Å². The maximum Gasteiger partial charge on any atom is 0.159 e. The number of pyridine rings is 3. The molecule has 0 saturated heterocycles. The zero-order valence-corrected chi connectivity index (χ0v) is 16.2. The standard InChI is InChI=1S/C21H12N8S/c1-2-17-25-12-3-10(5-22-7-12)11-4-13-19(28-29-20(13)24-6-11)21-26-15-9-23-8-14(16(1)30-17)18(15)27-21/h1-9,25H,(H,26,27)(H,24,28,29). The molecule has 0 aliphatic rings. The summed E-state index contributed by atoms with van der Waals surface area (Å²) in [4.78, 5) is 26.1. The van der Waals surface area contributed by atoms with Gasteiger partial charge < -0.3 is 9.97 Å². The van der Waals surface area contributed by atoms with Crippen molar-refractivity contribution in [3.8, 4) is 0 Å². The highest BCUT2D eigenvalue weighted by molar-refractivity contribution is 7.23. The van der Waals surface area contributed by atoms with Crippen LogP contribution in [0.1, 0.15) is 0 Å². The van der Waals surface area contributed by atoms with Gasteiger partial charge in [-0.1, -0.05) is 0 Å². The zero-order valence-electron chi connectivity index (χ0n) is 15.3. The van der Waals surface area contributed by atoms with Crippen LogP contribution in [-0.4, -0.2) is 40.1 Å². The number of hydrogen-bond acceptors (Lipinski definition) is 6. The van der Waals surface area contributed by atoms with Crippen LogP contribution in [0.2, 0.25) is 0 Å². The number of fused-ring (bicyclic) bond motifs is 9. The fourth-order valence-corrected chi connectivity index (χ4v) is 4.76. The van der Waals surface area contributed by atoms with Crippen molar-refractivity contribution in [1.82, 2.24) is 40.1 Å². The van der Waals surface area contributed by atoms with Gasteiger partial charge in [0.15, 0.2) is 11.3 Å². The number of imidazole rings is 1. The maximum absolute atomic E-state index is 4.88. The van der Waals surface area contributed by atoms with Crippen LogP contribution in [-0.2, 0) is 0 Å². The van der Waals surface area contributed by atoms with Gasteiger partial charge in [0.05, 0.1) is 33.6 Å². The third-order valence-electron chi connectivity index (χ3n) is 5.25. The summed E-state index contributed by atoms with van der Waals surface area (Å²) in [6.45, 7) is 0. The Morgan fingerprint density at radius 1 is 0.767 bits per heavy atom. The lowest BCUT2D eigenvalue weighted by Crippen LogP contribution is -1.79. The van der Waals surface area contributed by atoms with Gasteiger partial charge >= 0.3 is 0 Å². The SMILES string of the molecule is c1ncc2cc1[nH]c1ccc(s1)c1cncc3[nH]c(nc31)c1n[nH]c3ncc2cc31. The second kappa shape index (κ2) is 5.71. The molecule has 7 heterocycles. The number of rotatable bonds is 0. The monoisotopic (exact) mass is 408 g/mol. The molecule has 8 bridgehead atoms. The van der Waals surface area contributed by atoms with E-state index in [1.54, 1.807) is 17.5 Å². The number of aromatic amines is 3. The van der Waals surface area contributed by atoms with Gasteiger partial charge in [0.2, 0.25) is 0 Å². The highest BCUT2D eigenvalue weighted by atomic mass is 32.1. The summed E-state index contributed by atoms with van der Waals surface area (Å²) in [6, 6.07) is 8.28. The zero-order chi connectivity index (χ0) is 19.7. The number of nitrogens with zero attached hydrogens (tertiary/aromatic N) is 5. The van der Waals surface area contributed by atoms with E-state index in [0.717, 1.165) is 53.1 Å². The second-order valence-electron chi connectivity index (χ2n) is 7.11. The van der Waals surface area contributed by atoms with Gasteiger partial charge in [-0.2, -0.15) is 5.10 Å². The van der Waals surface area contributed by atoms with Gasteiger partial charge in [-0.05, 0) is 24.3 Å². The predicted molar refractivity (Wildman–Crippen MR) is 119 cm³/mol. The molecule has 30 heavy (non-hydrogen) atoms. The van der Waals surface area contributed by atoms with Crippen LogP contribution in [0.3, 0.4) is 0 Å². The third kappa shape index (κ3) is 2.23. The second-order valence-corrected chi connectivity index (χ2v) is 8.20. The lowest BCUT2D eigenvalue weighted by atomic mass is 10.2. The van der Waals surface area contributed by atoms with Crippen molar-refractivity contribution < 1.29 is 0 Å². The molecule has 0 unspecified atom stereocenters. The van der Waals surface area contributed by atoms with E-state index in [-0.39, 0.29) is 0 Å². The summed E-state index contributed by atoms with van der Waals surface area (Å²) >= 11 is 1.65. The van der Waals surface area contributed by atoms with Crippen LogP contribution >= 0.6 is 11.3 Å². The Labute approximate surface area is 171 Å². The van der Waals surface area contributed by atoms with E-state index in [1.807, 2.05) is 24.8 Å². The van der Waals surface area contributed by atoms with Crippen molar-refractivity contribution >= 4 is 75.8 Å². The summed E-state index contributed by atoms with van der Waals surface area (Å²) in [7, 11) is 0. The molecule has 0 saturated carbocycles. The third-order valence-corrected chi connectivity index (χ3v) is 6.28. The van der Waals surface area contributed by atoms with E-state index in [1.165, 1.54) is 0 Å². The molecular weight excluding hydrogens is 396 g/mol. The largest absolute Gasteiger partial charge is 0.346 e. The highest BCUT2D eigenvalue weighted by Crippen LogP contribution is 2.28. The Morgan fingerprint density at radius 3 is 2.70 bits per heavy atom. The van der Waals surface area contributed by atoms with Crippen molar-refractivity contribution in [2.45, 2.75) is 0 Å². The minimum Gasteiger partial charge on any atom is -0.346 e. The Hall–Kier alpha value is -4.11. The number of H-pyrrole nitrogens is 3. The van der Waals surface area contributed by atoms with Gasteiger partial charge in [0.25, 0.3) is 0 Å². The molecule has 7 aromatic rings. The fraction of sp³-hybridized carbons (Fsp3) is 0. The van der Waals surface area contributed by atoms with E-state index in [9.17, 15) is 0 Å². The summed E-state index contributed by atoms with van der Waals surface area (Å²) in [5.41, 5.74) is 4.77. The molecule has 0 aromatic carbocycles. The summed E-state index contributed by atoms with van der Waals surface area (Å²) < 4.78 is 1.09. The molecule has 3 N–H and O–H groups in total. The number of hydrogen-bond donors (Lipinski definition) is 3. The Kier molecular flexibility index (Phi) is 3.00. The molecule has 8 nitrogen and oxygen atoms in total. The normalized spacial score (nSPS) is 12.0. The predicted octanol–water partition coefficient (Wildman–Crippen LogP) is 4.75.